The monoisotopic (exact) mass is 230 g/mol. The molecule has 0 N–H and O–H groups in total. The first-order chi connectivity index (χ1) is 8.20. The number of carbonyl (C=O) groups is 3. The van der Waals surface area contributed by atoms with Crippen molar-refractivity contribution in [3.8, 4) is 0 Å². The highest BCUT2D eigenvalue weighted by molar-refractivity contribution is 6.24. The molecule has 1 aliphatic carbocycles. The van der Waals surface area contributed by atoms with Gasteiger partial charge in [0.2, 0.25) is 0 Å². The molecule has 0 amide bonds. The zero-order valence-corrected chi connectivity index (χ0v) is 9.52. The summed E-state index contributed by atoms with van der Waals surface area (Å²) in [6, 6.07) is 8.56. The lowest BCUT2D eigenvalue weighted by molar-refractivity contribution is -0.129. The molecular weight excluding hydrogens is 216 g/mol. The summed E-state index contributed by atoms with van der Waals surface area (Å²) < 4.78 is 0. The zero-order valence-electron chi connectivity index (χ0n) is 9.52. The van der Waals surface area contributed by atoms with Gasteiger partial charge in [-0.25, -0.2) is 0 Å². The molecule has 1 saturated carbocycles. The highest BCUT2D eigenvalue weighted by Gasteiger charge is 2.34. The molecule has 3 heteroatoms. The van der Waals surface area contributed by atoms with Crippen molar-refractivity contribution in [3.63, 3.8) is 0 Å². The molecule has 0 aromatic heterocycles. The van der Waals surface area contributed by atoms with Gasteiger partial charge >= 0.3 is 0 Å². The minimum absolute atomic E-state index is 0.221. The smallest absolute Gasteiger partial charge is 0.180 e. The number of Topliss-reactive ketones (excluding diaryl/α,β-unsaturated/α-hetero) is 3. The Morgan fingerprint density at radius 1 is 0.941 bits per heavy atom. The Kier molecular flexibility index (Phi) is 3.47. The highest BCUT2D eigenvalue weighted by Crippen LogP contribution is 2.20. The first-order valence-electron chi connectivity index (χ1n) is 5.85. The van der Waals surface area contributed by atoms with E-state index in [2.05, 4.69) is 0 Å². The van der Waals surface area contributed by atoms with Crippen LogP contribution in [0.4, 0.5) is 0 Å². The molecule has 0 radical (unpaired) electrons. The standard InChI is InChI=1S/C14H14O3/c15-11-8-4-5-9-12(16)13(11)14(17)10-6-2-1-3-7-10/h1-3,6-7,13H,4-5,8-9H2. The normalized spacial score (nSPS) is 17.9. The molecule has 0 heterocycles. The van der Waals surface area contributed by atoms with Crippen molar-refractivity contribution in [1.82, 2.24) is 0 Å². The second-order valence-electron chi connectivity index (χ2n) is 4.30. The molecule has 3 nitrogen and oxygen atoms in total. The third-order valence-electron chi connectivity index (χ3n) is 3.06. The minimum Gasteiger partial charge on any atom is -0.298 e. The Morgan fingerprint density at radius 3 is 2.00 bits per heavy atom. The van der Waals surface area contributed by atoms with Gasteiger partial charge in [0.25, 0.3) is 0 Å². The average Bonchev–Trinajstić information content (AvgIpc) is 2.51. The van der Waals surface area contributed by atoms with E-state index in [1.54, 1.807) is 30.3 Å². The second kappa shape index (κ2) is 5.04. The molecule has 0 aliphatic heterocycles. The van der Waals surface area contributed by atoms with E-state index in [9.17, 15) is 14.4 Å². The van der Waals surface area contributed by atoms with Crippen LogP contribution in [0.2, 0.25) is 0 Å². The molecule has 17 heavy (non-hydrogen) atoms. The van der Waals surface area contributed by atoms with Crippen LogP contribution in [0.5, 0.6) is 0 Å². The summed E-state index contributed by atoms with van der Waals surface area (Å²) in [7, 11) is 0. The van der Waals surface area contributed by atoms with Crippen molar-refractivity contribution in [2.45, 2.75) is 25.7 Å². The van der Waals surface area contributed by atoms with Crippen LogP contribution in [0.25, 0.3) is 0 Å². The van der Waals surface area contributed by atoms with Gasteiger partial charge in [0.05, 0.1) is 0 Å². The van der Waals surface area contributed by atoms with E-state index in [1.807, 2.05) is 0 Å². The molecule has 0 spiro atoms. The molecule has 1 aliphatic rings. The summed E-state index contributed by atoms with van der Waals surface area (Å²) in [4.78, 5) is 35.7. The van der Waals surface area contributed by atoms with Crippen LogP contribution in [0.15, 0.2) is 30.3 Å². The molecule has 0 bridgehead atoms. The van der Waals surface area contributed by atoms with E-state index < -0.39 is 5.92 Å². The predicted octanol–water partition coefficient (Wildman–Crippen LogP) is 2.20. The quantitative estimate of drug-likeness (QED) is 0.444. The lowest BCUT2D eigenvalue weighted by atomic mass is 9.89. The predicted molar refractivity (Wildman–Crippen MR) is 62.7 cm³/mol. The largest absolute Gasteiger partial charge is 0.298 e. The number of carbonyl (C=O) groups excluding carboxylic acids is 3. The SMILES string of the molecule is O=C1CCCCC(=O)C1C(=O)c1ccccc1. The fourth-order valence-electron chi connectivity index (χ4n) is 2.13. The number of benzene rings is 1. The molecule has 1 aromatic rings. The van der Waals surface area contributed by atoms with Gasteiger partial charge in [0, 0.05) is 18.4 Å². The third-order valence-corrected chi connectivity index (χ3v) is 3.06. The van der Waals surface area contributed by atoms with E-state index >= 15 is 0 Å². The lowest BCUT2D eigenvalue weighted by Crippen LogP contribution is -2.30. The van der Waals surface area contributed by atoms with Gasteiger partial charge in [-0.3, -0.25) is 14.4 Å². The van der Waals surface area contributed by atoms with Gasteiger partial charge in [0.15, 0.2) is 17.3 Å². The Morgan fingerprint density at radius 2 is 1.47 bits per heavy atom. The van der Waals surface area contributed by atoms with E-state index in [-0.39, 0.29) is 17.3 Å². The van der Waals surface area contributed by atoms with Crippen LogP contribution in [0.1, 0.15) is 36.0 Å². The molecule has 1 fully saturated rings. The summed E-state index contributed by atoms with van der Waals surface area (Å²) in [6.45, 7) is 0. The van der Waals surface area contributed by atoms with Crippen molar-refractivity contribution >= 4 is 17.3 Å². The summed E-state index contributed by atoms with van der Waals surface area (Å²) in [5.41, 5.74) is 0.445. The minimum atomic E-state index is -1.06. The van der Waals surface area contributed by atoms with Crippen LogP contribution in [0.3, 0.4) is 0 Å². The van der Waals surface area contributed by atoms with E-state index in [0.717, 1.165) is 0 Å². The van der Waals surface area contributed by atoms with Crippen molar-refractivity contribution in [2.24, 2.45) is 5.92 Å². The average molecular weight is 230 g/mol. The molecule has 2 rings (SSSR count). The molecular formula is C14H14O3. The summed E-state index contributed by atoms with van der Waals surface area (Å²) in [6.07, 6.45) is 2.11. The maximum atomic E-state index is 12.1. The van der Waals surface area contributed by atoms with Crippen LogP contribution in [-0.4, -0.2) is 17.3 Å². The number of rotatable bonds is 2. The Hall–Kier alpha value is -1.77. The first kappa shape index (κ1) is 11.7. The van der Waals surface area contributed by atoms with Gasteiger partial charge in [-0.15, -0.1) is 0 Å². The van der Waals surface area contributed by atoms with Crippen molar-refractivity contribution in [1.29, 1.82) is 0 Å². The summed E-state index contributed by atoms with van der Waals surface area (Å²) in [5, 5.41) is 0. The van der Waals surface area contributed by atoms with Crippen molar-refractivity contribution in [2.75, 3.05) is 0 Å². The third kappa shape index (κ3) is 2.49. The van der Waals surface area contributed by atoms with Gasteiger partial charge in [0.1, 0.15) is 5.92 Å². The summed E-state index contributed by atoms with van der Waals surface area (Å²) in [5.74, 6) is -1.84. The zero-order chi connectivity index (χ0) is 12.3. The van der Waals surface area contributed by atoms with Crippen molar-refractivity contribution < 1.29 is 14.4 Å². The highest BCUT2D eigenvalue weighted by atomic mass is 16.2. The molecule has 0 saturated heterocycles. The topological polar surface area (TPSA) is 51.2 Å². The lowest BCUT2D eigenvalue weighted by Gasteiger charge is -2.10. The van der Waals surface area contributed by atoms with Crippen LogP contribution >= 0.6 is 0 Å². The molecule has 0 unspecified atom stereocenters. The van der Waals surface area contributed by atoms with Crippen molar-refractivity contribution in [3.05, 3.63) is 35.9 Å². The number of hydrogen-bond donors (Lipinski definition) is 0. The van der Waals surface area contributed by atoms with Crippen LogP contribution < -0.4 is 0 Å². The van der Waals surface area contributed by atoms with Crippen LogP contribution in [0, 0.1) is 5.92 Å². The molecule has 0 atom stereocenters. The van der Waals surface area contributed by atoms with Gasteiger partial charge in [-0.2, -0.15) is 0 Å². The van der Waals surface area contributed by atoms with E-state index in [0.29, 0.717) is 31.2 Å². The fraction of sp³-hybridized carbons (Fsp3) is 0.357. The maximum Gasteiger partial charge on any atom is 0.180 e. The van der Waals surface area contributed by atoms with E-state index in [1.165, 1.54) is 0 Å². The number of hydrogen-bond acceptors (Lipinski definition) is 3. The maximum absolute atomic E-state index is 12.1. The number of ketones is 3. The molecule has 88 valence electrons. The van der Waals surface area contributed by atoms with Crippen LogP contribution in [-0.2, 0) is 9.59 Å². The second-order valence-corrected chi connectivity index (χ2v) is 4.30. The Bertz CT molecular complexity index is 430. The van der Waals surface area contributed by atoms with Gasteiger partial charge in [-0.05, 0) is 12.8 Å². The van der Waals surface area contributed by atoms with Gasteiger partial charge < -0.3 is 0 Å². The Labute approximate surface area is 99.8 Å². The Balaban J connectivity index is 2.28. The summed E-state index contributed by atoms with van der Waals surface area (Å²) >= 11 is 0. The fourth-order valence-corrected chi connectivity index (χ4v) is 2.13. The first-order valence-corrected chi connectivity index (χ1v) is 5.85. The van der Waals surface area contributed by atoms with Gasteiger partial charge in [-0.1, -0.05) is 30.3 Å². The molecule has 1 aromatic carbocycles. The van der Waals surface area contributed by atoms with E-state index in [4.69, 9.17) is 0 Å².